The van der Waals surface area contributed by atoms with Gasteiger partial charge in [0.25, 0.3) is 0 Å². The molecule has 1 aliphatic carbocycles. The molecule has 2 aromatic carbocycles. The first-order valence-corrected chi connectivity index (χ1v) is 10.6. The molecule has 1 amide bonds. The third-order valence-electron chi connectivity index (χ3n) is 4.97. The first kappa shape index (κ1) is 21.1. The van der Waals surface area contributed by atoms with Crippen LogP contribution < -0.4 is 10.1 Å². The van der Waals surface area contributed by atoms with Gasteiger partial charge in [0.05, 0.1) is 4.47 Å². The first-order chi connectivity index (χ1) is 14.0. The standard InChI is InChI=1S/C23H24BrNO4/c24-19-9-5-6-10-21(19)29-18-13-11-16(12-14-18)15-20(23(27)28)25-22(26)17-7-3-1-2-4-8-17/h5-6,9-15,17H,1-4,7-8H2,(H,25,26)(H,27,28)/b20-15-. The van der Waals surface area contributed by atoms with E-state index in [0.717, 1.165) is 43.0 Å². The summed E-state index contributed by atoms with van der Waals surface area (Å²) < 4.78 is 6.66. The highest BCUT2D eigenvalue weighted by atomic mass is 79.9. The highest BCUT2D eigenvalue weighted by Crippen LogP contribution is 2.29. The molecule has 0 spiro atoms. The molecule has 29 heavy (non-hydrogen) atoms. The lowest BCUT2D eigenvalue weighted by atomic mass is 9.99. The van der Waals surface area contributed by atoms with E-state index in [2.05, 4.69) is 21.2 Å². The topological polar surface area (TPSA) is 75.6 Å². The maximum Gasteiger partial charge on any atom is 0.352 e. The van der Waals surface area contributed by atoms with E-state index >= 15 is 0 Å². The lowest BCUT2D eigenvalue weighted by molar-refractivity contribution is -0.135. The molecule has 5 nitrogen and oxygen atoms in total. The third-order valence-corrected chi connectivity index (χ3v) is 5.62. The zero-order valence-corrected chi connectivity index (χ0v) is 17.7. The number of carbonyl (C=O) groups excluding carboxylic acids is 1. The van der Waals surface area contributed by atoms with Gasteiger partial charge in [-0.2, -0.15) is 0 Å². The van der Waals surface area contributed by atoms with Crippen molar-refractivity contribution in [1.82, 2.24) is 5.32 Å². The minimum Gasteiger partial charge on any atom is -0.477 e. The number of rotatable bonds is 6. The van der Waals surface area contributed by atoms with Crippen LogP contribution in [0.3, 0.4) is 0 Å². The molecule has 1 saturated carbocycles. The summed E-state index contributed by atoms with van der Waals surface area (Å²) in [6.07, 6.45) is 7.42. The molecule has 0 heterocycles. The van der Waals surface area contributed by atoms with Gasteiger partial charge in [-0.25, -0.2) is 4.79 Å². The molecule has 0 aliphatic heterocycles. The Morgan fingerprint density at radius 3 is 2.28 bits per heavy atom. The van der Waals surface area contributed by atoms with Crippen LogP contribution in [0.15, 0.2) is 58.7 Å². The maximum atomic E-state index is 12.5. The molecule has 0 bridgehead atoms. The van der Waals surface area contributed by atoms with Gasteiger partial charge in [-0.05, 0) is 64.7 Å². The predicted octanol–water partition coefficient (Wildman–Crippen LogP) is 5.75. The number of carboxylic acid groups (broad SMARTS) is 1. The van der Waals surface area contributed by atoms with Gasteiger partial charge in [0.1, 0.15) is 17.2 Å². The number of para-hydroxylation sites is 1. The van der Waals surface area contributed by atoms with Gasteiger partial charge in [0, 0.05) is 5.92 Å². The minimum atomic E-state index is -1.15. The number of ether oxygens (including phenoxy) is 1. The van der Waals surface area contributed by atoms with E-state index in [1.807, 2.05) is 24.3 Å². The normalized spacial score (nSPS) is 15.4. The van der Waals surface area contributed by atoms with E-state index in [1.54, 1.807) is 24.3 Å². The Kier molecular flexibility index (Phi) is 7.47. The number of halogens is 1. The lowest BCUT2D eigenvalue weighted by Gasteiger charge is -2.14. The molecule has 2 aromatic rings. The van der Waals surface area contributed by atoms with Crippen molar-refractivity contribution in [1.29, 1.82) is 0 Å². The Hall–Kier alpha value is -2.60. The molecule has 152 valence electrons. The number of benzene rings is 2. The van der Waals surface area contributed by atoms with Crippen molar-refractivity contribution in [2.75, 3.05) is 0 Å². The van der Waals surface area contributed by atoms with Crippen LogP contribution in [0.25, 0.3) is 6.08 Å². The van der Waals surface area contributed by atoms with Crippen LogP contribution in [0.1, 0.15) is 44.1 Å². The molecule has 0 atom stereocenters. The van der Waals surface area contributed by atoms with Crippen molar-refractivity contribution in [3.8, 4) is 11.5 Å². The number of nitrogens with one attached hydrogen (secondary N) is 1. The first-order valence-electron chi connectivity index (χ1n) is 9.81. The van der Waals surface area contributed by atoms with Crippen LogP contribution in [0.5, 0.6) is 11.5 Å². The molecular formula is C23H24BrNO4. The van der Waals surface area contributed by atoms with Gasteiger partial charge >= 0.3 is 5.97 Å². The summed E-state index contributed by atoms with van der Waals surface area (Å²) >= 11 is 3.44. The fraction of sp³-hybridized carbons (Fsp3) is 0.304. The van der Waals surface area contributed by atoms with Crippen molar-refractivity contribution in [3.05, 3.63) is 64.3 Å². The van der Waals surface area contributed by atoms with Gasteiger partial charge in [-0.3, -0.25) is 4.79 Å². The van der Waals surface area contributed by atoms with Crippen LogP contribution in [0.2, 0.25) is 0 Å². The lowest BCUT2D eigenvalue weighted by Crippen LogP contribution is -2.32. The Balaban J connectivity index is 1.69. The number of hydrogen-bond donors (Lipinski definition) is 2. The summed E-state index contributed by atoms with van der Waals surface area (Å²) in [5, 5.41) is 12.1. The quantitative estimate of drug-likeness (QED) is 0.427. The van der Waals surface area contributed by atoms with Gasteiger partial charge in [0.15, 0.2) is 0 Å². The van der Waals surface area contributed by atoms with Crippen LogP contribution in [0.4, 0.5) is 0 Å². The highest BCUT2D eigenvalue weighted by molar-refractivity contribution is 9.10. The maximum absolute atomic E-state index is 12.5. The Morgan fingerprint density at radius 2 is 1.66 bits per heavy atom. The summed E-state index contributed by atoms with van der Waals surface area (Å²) in [7, 11) is 0. The van der Waals surface area contributed by atoms with E-state index in [4.69, 9.17) is 4.74 Å². The molecule has 0 saturated heterocycles. The van der Waals surface area contributed by atoms with Crippen molar-refractivity contribution in [2.24, 2.45) is 5.92 Å². The Labute approximate surface area is 178 Å². The van der Waals surface area contributed by atoms with Crippen LogP contribution in [-0.4, -0.2) is 17.0 Å². The summed E-state index contributed by atoms with van der Waals surface area (Å²) in [6, 6.07) is 14.6. The van der Waals surface area contributed by atoms with E-state index in [0.29, 0.717) is 17.1 Å². The number of aliphatic carboxylic acids is 1. The van der Waals surface area contributed by atoms with E-state index < -0.39 is 5.97 Å². The SMILES string of the molecule is O=C(O)/C(=C/c1ccc(Oc2ccccc2Br)cc1)NC(=O)C1CCCCCC1. The fourth-order valence-electron chi connectivity index (χ4n) is 3.38. The number of carboxylic acids is 1. The minimum absolute atomic E-state index is 0.111. The van der Waals surface area contributed by atoms with E-state index in [-0.39, 0.29) is 17.5 Å². The van der Waals surface area contributed by atoms with E-state index in [1.165, 1.54) is 6.08 Å². The van der Waals surface area contributed by atoms with Crippen LogP contribution in [-0.2, 0) is 9.59 Å². The van der Waals surface area contributed by atoms with Crippen LogP contribution >= 0.6 is 15.9 Å². The summed E-state index contributed by atoms with van der Waals surface area (Å²) in [4.78, 5) is 24.1. The zero-order chi connectivity index (χ0) is 20.6. The molecule has 1 fully saturated rings. The molecule has 0 radical (unpaired) electrons. The number of amides is 1. The Bertz CT molecular complexity index is 884. The molecule has 6 heteroatoms. The zero-order valence-electron chi connectivity index (χ0n) is 16.1. The molecule has 1 aliphatic rings. The molecular weight excluding hydrogens is 434 g/mol. The Morgan fingerprint density at radius 1 is 1.00 bits per heavy atom. The second kappa shape index (κ2) is 10.3. The van der Waals surface area contributed by atoms with Gasteiger partial charge in [-0.15, -0.1) is 0 Å². The molecule has 2 N–H and O–H groups in total. The smallest absolute Gasteiger partial charge is 0.352 e. The monoisotopic (exact) mass is 457 g/mol. The summed E-state index contributed by atoms with van der Waals surface area (Å²) in [5.74, 6) is -0.138. The van der Waals surface area contributed by atoms with Crippen molar-refractivity contribution in [3.63, 3.8) is 0 Å². The van der Waals surface area contributed by atoms with Crippen molar-refractivity contribution < 1.29 is 19.4 Å². The molecule has 0 unspecified atom stereocenters. The largest absolute Gasteiger partial charge is 0.477 e. The average molecular weight is 458 g/mol. The predicted molar refractivity (Wildman–Crippen MR) is 116 cm³/mol. The second-order valence-electron chi connectivity index (χ2n) is 7.14. The van der Waals surface area contributed by atoms with Crippen molar-refractivity contribution >= 4 is 33.9 Å². The van der Waals surface area contributed by atoms with Gasteiger partial charge in [0.2, 0.25) is 5.91 Å². The number of carbonyl (C=O) groups is 2. The van der Waals surface area contributed by atoms with Gasteiger partial charge < -0.3 is 15.2 Å². The van der Waals surface area contributed by atoms with E-state index in [9.17, 15) is 14.7 Å². The number of hydrogen-bond acceptors (Lipinski definition) is 3. The summed E-state index contributed by atoms with van der Waals surface area (Å²) in [6.45, 7) is 0. The highest BCUT2D eigenvalue weighted by Gasteiger charge is 2.22. The van der Waals surface area contributed by atoms with Crippen LogP contribution in [0, 0.1) is 5.92 Å². The third kappa shape index (κ3) is 6.19. The summed E-state index contributed by atoms with van der Waals surface area (Å²) in [5.41, 5.74) is 0.557. The molecule has 0 aromatic heterocycles. The van der Waals surface area contributed by atoms with Gasteiger partial charge in [-0.1, -0.05) is 49.9 Å². The molecule has 3 rings (SSSR count). The fourth-order valence-corrected chi connectivity index (χ4v) is 3.75. The second-order valence-corrected chi connectivity index (χ2v) is 8.00. The average Bonchev–Trinajstić information content (AvgIpc) is 3.00. The van der Waals surface area contributed by atoms with Crippen molar-refractivity contribution in [2.45, 2.75) is 38.5 Å².